The molecule has 2 N–H and O–H groups in total. The molecule has 0 aliphatic carbocycles. The first-order valence-corrected chi connectivity index (χ1v) is 7.52. The number of ether oxygens (including phenoxy) is 2. The van der Waals surface area contributed by atoms with Crippen LogP contribution in [0.3, 0.4) is 0 Å². The highest BCUT2D eigenvalue weighted by Gasteiger charge is 2.18. The molecule has 0 fully saturated rings. The van der Waals surface area contributed by atoms with Crippen molar-refractivity contribution in [3.63, 3.8) is 0 Å². The first-order valence-electron chi connectivity index (χ1n) is 6.73. The van der Waals surface area contributed by atoms with Gasteiger partial charge in [-0.05, 0) is 35.4 Å². The standard InChI is InChI=1S/C16H15BrFNO2/c17-13-6-11-3-4-20-16(11)12(7-13)9-21-15-2-1-10(8-19)5-14(15)18/h1-2,5-7H,3-4,8-9,19H2. The Bertz CT molecular complexity index is 676. The number of hydrogen-bond donors (Lipinski definition) is 1. The number of nitrogens with two attached hydrogens (primary N) is 1. The van der Waals surface area contributed by atoms with Gasteiger partial charge in [0, 0.05) is 23.0 Å². The third-order valence-corrected chi connectivity index (χ3v) is 3.90. The maximum absolute atomic E-state index is 13.9. The van der Waals surface area contributed by atoms with E-state index in [0.717, 1.165) is 33.3 Å². The second-order valence-corrected chi connectivity index (χ2v) is 5.82. The summed E-state index contributed by atoms with van der Waals surface area (Å²) in [5, 5.41) is 0. The molecule has 1 aliphatic rings. The molecule has 5 heteroatoms. The average Bonchev–Trinajstić information content (AvgIpc) is 2.93. The molecule has 2 aromatic carbocycles. The summed E-state index contributed by atoms with van der Waals surface area (Å²) in [7, 11) is 0. The lowest BCUT2D eigenvalue weighted by molar-refractivity contribution is 0.279. The largest absolute Gasteiger partial charge is 0.493 e. The van der Waals surface area contributed by atoms with Gasteiger partial charge in [0.1, 0.15) is 12.4 Å². The molecular formula is C16H15BrFNO2. The van der Waals surface area contributed by atoms with Crippen molar-refractivity contribution >= 4 is 15.9 Å². The van der Waals surface area contributed by atoms with Crippen LogP contribution in [0.1, 0.15) is 16.7 Å². The van der Waals surface area contributed by atoms with Crippen LogP contribution in [0.25, 0.3) is 0 Å². The summed E-state index contributed by atoms with van der Waals surface area (Å²) in [5.41, 5.74) is 8.30. The Kier molecular flexibility index (Phi) is 4.12. The Hall–Kier alpha value is -1.59. The van der Waals surface area contributed by atoms with E-state index in [1.54, 1.807) is 12.1 Å². The summed E-state index contributed by atoms with van der Waals surface area (Å²) < 4.78 is 26.1. The van der Waals surface area contributed by atoms with Gasteiger partial charge in [-0.3, -0.25) is 0 Å². The Morgan fingerprint density at radius 2 is 2.14 bits per heavy atom. The van der Waals surface area contributed by atoms with E-state index in [4.69, 9.17) is 15.2 Å². The van der Waals surface area contributed by atoms with E-state index in [1.165, 1.54) is 6.07 Å². The van der Waals surface area contributed by atoms with E-state index in [0.29, 0.717) is 13.2 Å². The van der Waals surface area contributed by atoms with Gasteiger partial charge >= 0.3 is 0 Å². The lowest BCUT2D eigenvalue weighted by Gasteiger charge is -2.12. The number of halogens is 2. The molecule has 1 heterocycles. The predicted molar refractivity (Wildman–Crippen MR) is 82.0 cm³/mol. The minimum absolute atomic E-state index is 0.221. The van der Waals surface area contributed by atoms with E-state index in [2.05, 4.69) is 15.9 Å². The maximum atomic E-state index is 13.9. The second-order valence-electron chi connectivity index (χ2n) is 4.91. The zero-order valence-electron chi connectivity index (χ0n) is 11.4. The Balaban J connectivity index is 1.79. The molecule has 1 aliphatic heterocycles. The molecule has 3 rings (SSSR count). The van der Waals surface area contributed by atoms with Crippen LogP contribution in [0.5, 0.6) is 11.5 Å². The molecule has 0 aromatic heterocycles. The average molecular weight is 352 g/mol. The van der Waals surface area contributed by atoms with Crippen molar-refractivity contribution in [2.24, 2.45) is 5.73 Å². The van der Waals surface area contributed by atoms with Crippen LogP contribution in [-0.4, -0.2) is 6.61 Å². The van der Waals surface area contributed by atoms with Crippen molar-refractivity contribution in [2.45, 2.75) is 19.6 Å². The lowest BCUT2D eigenvalue weighted by atomic mass is 10.1. The molecule has 0 saturated heterocycles. The Morgan fingerprint density at radius 1 is 1.29 bits per heavy atom. The molecule has 0 atom stereocenters. The van der Waals surface area contributed by atoms with Crippen molar-refractivity contribution in [3.05, 3.63) is 57.3 Å². The maximum Gasteiger partial charge on any atom is 0.165 e. The van der Waals surface area contributed by atoms with Crippen LogP contribution in [0, 0.1) is 5.82 Å². The number of rotatable bonds is 4. The van der Waals surface area contributed by atoms with Gasteiger partial charge in [0.05, 0.1) is 6.61 Å². The first-order chi connectivity index (χ1) is 10.2. The summed E-state index contributed by atoms with van der Waals surface area (Å²) in [5.74, 6) is 0.682. The third kappa shape index (κ3) is 3.04. The summed E-state index contributed by atoms with van der Waals surface area (Å²) in [6.45, 7) is 1.25. The highest BCUT2D eigenvalue weighted by molar-refractivity contribution is 9.10. The monoisotopic (exact) mass is 351 g/mol. The highest BCUT2D eigenvalue weighted by Crippen LogP contribution is 2.33. The van der Waals surface area contributed by atoms with Crippen LogP contribution in [0.2, 0.25) is 0 Å². The minimum Gasteiger partial charge on any atom is -0.493 e. The molecule has 0 saturated carbocycles. The molecule has 21 heavy (non-hydrogen) atoms. The SMILES string of the molecule is NCc1ccc(OCc2cc(Br)cc3c2OCC3)c(F)c1. The van der Waals surface area contributed by atoms with Crippen LogP contribution in [0.15, 0.2) is 34.8 Å². The molecule has 0 amide bonds. The fourth-order valence-corrected chi connectivity index (χ4v) is 2.95. The molecule has 110 valence electrons. The van der Waals surface area contributed by atoms with Gasteiger partial charge in [-0.2, -0.15) is 0 Å². The number of hydrogen-bond acceptors (Lipinski definition) is 3. The van der Waals surface area contributed by atoms with Crippen molar-refractivity contribution in [1.29, 1.82) is 0 Å². The summed E-state index contributed by atoms with van der Waals surface area (Å²) >= 11 is 3.48. The molecule has 0 bridgehead atoms. The van der Waals surface area contributed by atoms with Crippen LogP contribution >= 0.6 is 15.9 Å². The van der Waals surface area contributed by atoms with Gasteiger partial charge in [-0.25, -0.2) is 4.39 Å². The first kappa shape index (κ1) is 14.4. The molecule has 0 radical (unpaired) electrons. The Morgan fingerprint density at radius 3 is 2.90 bits per heavy atom. The molecular weight excluding hydrogens is 337 g/mol. The minimum atomic E-state index is -0.398. The highest BCUT2D eigenvalue weighted by atomic mass is 79.9. The van der Waals surface area contributed by atoms with Crippen molar-refractivity contribution in [1.82, 2.24) is 0 Å². The molecule has 3 nitrogen and oxygen atoms in total. The van der Waals surface area contributed by atoms with Crippen molar-refractivity contribution in [3.8, 4) is 11.5 Å². The van der Waals surface area contributed by atoms with Gasteiger partial charge in [0.25, 0.3) is 0 Å². The molecule has 2 aromatic rings. The zero-order valence-corrected chi connectivity index (χ0v) is 13.0. The summed E-state index contributed by atoms with van der Waals surface area (Å²) in [4.78, 5) is 0. The fraction of sp³-hybridized carbons (Fsp3) is 0.250. The Labute approximate surface area is 131 Å². The molecule has 0 unspecified atom stereocenters. The fourth-order valence-electron chi connectivity index (χ4n) is 2.40. The predicted octanol–water partition coefficient (Wildman–Crippen LogP) is 3.56. The van der Waals surface area contributed by atoms with E-state index in [9.17, 15) is 4.39 Å². The van der Waals surface area contributed by atoms with Crippen molar-refractivity contribution < 1.29 is 13.9 Å². The quantitative estimate of drug-likeness (QED) is 0.915. The van der Waals surface area contributed by atoms with Gasteiger partial charge in [-0.15, -0.1) is 0 Å². The third-order valence-electron chi connectivity index (χ3n) is 3.44. The van der Waals surface area contributed by atoms with Crippen LogP contribution < -0.4 is 15.2 Å². The number of fused-ring (bicyclic) bond motifs is 1. The van der Waals surface area contributed by atoms with Gasteiger partial charge < -0.3 is 15.2 Å². The van der Waals surface area contributed by atoms with Crippen LogP contribution in [-0.2, 0) is 19.6 Å². The molecule has 0 spiro atoms. The van der Waals surface area contributed by atoms with E-state index in [1.807, 2.05) is 12.1 Å². The zero-order chi connectivity index (χ0) is 14.8. The summed E-state index contributed by atoms with van der Waals surface area (Å²) in [6.07, 6.45) is 0.890. The van der Waals surface area contributed by atoms with E-state index < -0.39 is 5.82 Å². The summed E-state index contributed by atoms with van der Waals surface area (Å²) in [6, 6.07) is 8.76. The second kappa shape index (κ2) is 6.03. The topological polar surface area (TPSA) is 44.5 Å². The van der Waals surface area contributed by atoms with Crippen LogP contribution in [0.4, 0.5) is 4.39 Å². The lowest BCUT2D eigenvalue weighted by Crippen LogP contribution is -2.02. The number of benzene rings is 2. The van der Waals surface area contributed by atoms with Gasteiger partial charge in [-0.1, -0.05) is 22.0 Å². The van der Waals surface area contributed by atoms with Gasteiger partial charge in [0.15, 0.2) is 11.6 Å². The smallest absolute Gasteiger partial charge is 0.165 e. The van der Waals surface area contributed by atoms with E-state index >= 15 is 0 Å². The van der Waals surface area contributed by atoms with Crippen molar-refractivity contribution in [2.75, 3.05) is 6.61 Å². The van der Waals surface area contributed by atoms with E-state index in [-0.39, 0.29) is 12.4 Å². The van der Waals surface area contributed by atoms with Gasteiger partial charge in [0.2, 0.25) is 0 Å². The normalized spacial score (nSPS) is 12.9.